The molecule has 7 heteroatoms. The Balaban J connectivity index is 2.11. The van der Waals surface area contributed by atoms with Crippen molar-refractivity contribution >= 4 is 11.7 Å². The minimum Gasteiger partial charge on any atom is -0.395 e. The maximum absolute atomic E-state index is 13.4. The van der Waals surface area contributed by atoms with Crippen LogP contribution in [0.15, 0.2) is 12.3 Å². The van der Waals surface area contributed by atoms with Crippen LogP contribution in [-0.4, -0.2) is 72.2 Å². The Kier molecular flexibility index (Phi) is 5.46. The number of nitrogens with zero attached hydrogens (tertiary/aromatic N) is 3. The highest BCUT2D eigenvalue weighted by molar-refractivity contribution is 5.98. The summed E-state index contributed by atoms with van der Waals surface area (Å²) in [5, 5.41) is 11.8. The van der Waals surface area contributed by atoms with Crippen LogP contribution in [0.25, 0.3) is 0 Å². The van der Waals surface area contributed by atoms with Crippen LogP contribution >= 0.6 is 0 Å². The van der Waals surface area contributed by atoms with Crippen molar-refractivity contribution in [3.05, 3.63) is 23.6 Å². The Bertz CT molecular complexity index is 498. The van der Waals surface area contributed by atoms with E-state index in [-0.39, 0.29) is 18.1 Å². The number of rotatable bonds is 4. The number of pyridine rings is 1. The summed E-state index contributed by atoms with van der Waals surface area (Å²) in [5.41, 5.74) is 0.258. The number of hydrogen-bond donors (Lipinski definition) is 2. The average Bonchev–Trinajstić information content (AvgIpc) is 2.72. The van der Waals surface area contributed by atoms with Gasteiger partial charge in [-0.25, -0.2) is 9.37 Å². The molecule has 116 valence electrons. The van der Waals surface area contributed by atoms with Gasteiger partial charge >= 0.3 is 0 Å². The van der Waals surface area contributed by atoms with Crippen molar-refractivity contribution in [1.82, 2.24) is 14.8 Å². The van der Waals surface area contributed by atoms with Gasteiger partial charge in [0.1, 0.15) is 11.6 Å². The Labute approximate surface area is 123 Å². The molecular formula is C14H21FN4O2. The lowest BCUT2D eigenvalue weighted by Crippen LogP contribution is -2.36. The summed E-state index contributed by atoms with van der Waals surface area (Å²) in [7, 11) is 1.66. The van der Waals surface area contributed by atoms with E-state index in [0.717, 1.165) is 19.2 Å². The van der Waals surface area contributed by atoms with E-state index in [9.17, 15) is 9.18 Å². The topological polar surface area (TPSA) is 68.7 Å². The number of aromatic nitrogens is 1. The van der Waals surface area contributed by atoms with Crippen LogP contribution in [0.5, 0.6) is 0 Å². The molecule has 21 heavy (non-hydrogen) atoms. The molecule has 0 spiro atoms. The zero-order valence-electron chi connectivity index (χ0n) is 12.2. The minimum absolute atomic E-state index is 0.117. The van der Waals surface area contributed by atoms with E-state index in [4.69, 9.17) is 5.11 Å². The van der Waals surface area contributed by atoms with Crippen LogP contribution in [0.4, 0.5) is 10.2 Å². The summed E-state index contributed by atoms with van der Waals surface area (Å²) in [5.74, 6) is -0.343. The molecule has 0 unspecified atom stereocenters. The van der Waals surface area contributed by atoms with E-state index < -0.39 is 5.82 Å². The van der Waals surface area contributed by atoms with Gasteiger partial charge in [0.25, 0.3) is 5.91 Å². The SMILES string of the molecule is CNc1ncc(F)cc1C(=O)N1CCCN(CCO)CC1. The summed E-state index contributed by atoms with van der Waals surface area (Å²) < 4.78 is 13.4. The van der Waals surface area contributed by atoms with Crippen LogP contribution < -0.4 is 5.32 Å². The Morgan fingerprint density at radius 3 is 2.95 bits per heavy atom. The van der Waals surface area contributed by atoms with E-state index in [0.29, 0.717) is 32.0 Å². The number of carbonyl (C=O) groups is 1. The van der Waals surface area contributed by atoms with Crippen molar-refractivity contribution in [2.24, 2.45) is 0 Å². The number of carbonyl (C=O) groups excluding carboxylic acids is 1. The number of aliphatic hydroxyl groups excluding tert-OH is 1. The van der Waals surface area contributed by atoms with Gasteiger partial charge in [-0.15, -0.1) is 0 Å². The summed E-state index contributed by atoms with van der Waals surface area (Å²) in [6.45, 7) is 3.49. The molecular weight excluding hydrogens is 275 g/mol. The minimum atomic E-state index is -0.519. The first kappa shape index (κ1) is 15.7. The second-order valence-electron chi connectivity index (χ2n) is 5.01. The van der Waals surface area contributed by atoms with E-state index in [1.54, 1.807) is 11.9 Å². The molecule has 0 aliphatic carbocycles. The van der Waals surface area contributed by atoms with E-state index in [1.807, 2.05) is 0 Å². The molecule has 1 aromatic rings. The maximum Gasteiger partial charge on any atom is 0.257 e. The predicted octanol–water partition coefficient (Wildman–Crippen LogP) is 0.403. The molecule has 1 saturated heterocycles. The smallest absolute Gasteiger partial charge is 0.257 e. The van der Waals surface area contributed by atoms with Crippen molar-refractivity contribution in [2.75, 3.05) is 51.7 Å². The first-order valence-electron chi connectivity index (χ1n) is 7.11. The lowest BCUT2D eigenvalue weighted by molar-refractivity contribution is 0.0760. The normalized spacial score (nSPS) is 16.6. The van der Waals surface area contributed by atoms with Crippen LogP contribution in [0.3, 0.4) is 0 Å². The molecule has 0 saturated carbocycles. The lowest BCUT2D eigenvalue weighted by Gasteiger charge is -2.22. The molecule has 1 aliphatic heterocycles. The van der Waals surface area contributed by atoms with Crippen LogP contribution in [0.2, 0.25) is 0 Å². The average molecular weight is 296 g/mol. The predicted molar refractivity (Wildman–Crippen MR) is 77.8 cm³/mol. The molecule has 1 amide bonds. The third-order valence-corrected chi connectivity index (χ3v) is 3.61. The van der Waals surface area contributed by atoms with Crippen molar-refractivity contribution in [3.63, 3.8) is 0 Å². The Morgan fingerprint density at radius 1 is 1.43 bits per heavy atom. The first-order chi connectivity index (χ1) is 10.2. The van der Waals surface area contributed by atoms with Crippen molar-refractivity contribution in [2.45, 2.75) is 6.42 Å². The van der Waals surface area contributed by atoms with Gasteiger partial charge in [-0.2, -0.15) is 0 Å². The maximum atomic E-state index is 13.4. The van der Waals surface area contributed by atoms with Gasteiger partial charge in [-0.05, 0) is 19.0 Å². The lowest BCUT2D eigenvalue weighted by atomic mass is 10.2. The molecule has 1 aliphatic rings. The van der Waals surface area contributed by atoms with E-state index >= 15 is 0 Å². The van der Waals surface area contributed by atoms with Gasteiger partial charge in [0.15, 0.2) is 0 Å². The van der Waals surface area contributed by atoms with Crippen LogP contribution in [0.1, 0.15) is 16.8 Å². The fourth-order valence-electron chi connectivity index (χ4n) is 2.51. The number of aliphatic hydroxyl groups is 1. The van der Waals surface area contributed by atoms with E-state index in [2.05, 4.69) is 15.2 Å². The summed E-state index contributed by atoms with van der Waals surface area (Å²) in [6, 6.07) is 1.22. The molecule has 2 rings (SSSR count). The van der Waals surface area contributed by atoms with Gasteiger partial charge in [0.2, 0.25) is 0 Å². The Hall–Kier alpha value is -1.73. The quantitative estimate of drug-likeness (QED) is 0.842. The van der Waals surface area contributed by atoms with Gasteiger partial charge < -0.3 is 15.3 Å². The number of hydrogen-bond acceptors (Lipinski definition) is 5. The fourth-order valence-corrected chi connectivity index (χ4v) is 2.51. The summed E-state index contributed by atoms with van der Waals surface area (Å²) in [4.78, 5) is 20.3. The molecule has 0 aromatic carbocycles. The highest BCUT2D eigenvalue weighted by atomic mass is 19.1. The standard InChI is InChI=1S/C14H21FN4O2/c1-16-13-12(9-11(15)10-17-13)14(21)19-4-2-3-18(5-6-19)7-8-20/h9-10,20H,2-8H2,1H3,(H,16,17). The van der Waals surface area contributed by atoms with E-state index in [1.165, 1.54) is 6.07 Å². The molecule has 2 heterocycles. The highest BCUT2D eigenvalue weighted by Gasteiger charge is 2.23. The Morgan fingerprint density at radius 2 is 2.24 bits per heavy atom. The number of anilines is 1. The zero-order valence-corrected chi connectivity index (χ0v) is 12.2. The number of β-amino-alcohol motifs (C(OH)–C–C–N with tert-alkyl or cyclic N) is 1. The van der Waals surface area contributed by atoms with Gasteiger partial charge in [0.05, 0.1) is 18.4 Å². The molecule has 0 atom stereocenters. The monoisotopic (exact) mass is 296 g/mol. The van der Waals surface area contributed by atoms with Crippen molar-refractivity contribution < 1.29 is 14.3 Å². The second kappa shape index (κ2) is 7.33. The van der Waals surface area contributed by atoms with Gasteiger partial charge in [0, 0.05) is 33.2 Å². The largest absolute Gasteiger partial charge is 0.395 e. The van der Waals surface area contributed by atoms with Crippen LogP contribution in [0, 0.1) is 5.82 Å². The zero-order chi connectivity index (χ0) is 15.2. The third-order valence-electron chi connectivity index (χ3n) is 3.61. The third kappa shape index (κ3) is 3.89. The molecule has 6 nitrogen and oxygen atoms in total. The van der Waals surface area contributed by atoms with Crippen molar-refractivity contribution in [3.8, 4) is 0 Å². The second-order valence-corrected chi connectivity index (χ2v) is 5.01. The first-order valence-corrected chi connectivity index (χ1v) is 7.11. The summed E-state index contributed by atoms with van der Waals surface area (Å²) >= 11 is 0. The molecule has 2 N–H and O–H groups in total. The number of nitrogens with one attached hydrogen (secondary N) is 1. The molecule has 0 bridgehead atoms. The van der Waals surface area contributed by atoms with Crippen LogP contribution in [-0.2, 0) is 0 Å². The van der Waals surface area contributed by atoms with Gasteiger partial charge in [-0.1, -0.05) is 0 Å². The summed E-state index contributed by atoms with van der Waals surface area (Å²) in [6.07, 6.45) is 1.93. The number of amides is 1. The highest BCUT2D eigenvalue weighted by Crippen LogP contribution is 2.17. The molecule has 1 fully saturated rings. The van der Waals surface area contributed by atoms with Crippen molar-refractivity contribution in [1.29, 1.82) is 0 Å². The number of halogens is 1. The molecule has 1 aromatic heterocycles. The molecule has 0 radical (unpaired) electrons. The fraction of sp³-hybridized carbons (Fsp3) is 0.571. The van der Waals surface area contributed by atoms with Gasteiger partial charge in [-0.3, -0.25) is 9.69 Å².